The third kappa shape index (κ3) is 3.24. The molecule has 0 aromatic heterocycles. The minimum atomic E-state index is -0.236. The van der Waals surface area contributed by atoms with Gasteiger partial charge in [0.25, 0.3) is 0 Å². The third-order valence-corrected chi connectivity index (χ3v) is 10.4. The summed E-state index contributed by atoms with van der Waals surface area (Å²) >= 11 is 1.89. The molecule has 0 saturated carbocycles. The van der Waals surface area contributed by atoms with E-state index in [1.807, 2.05) is 11.8 Å². The zero-order valence-electron chi connectivity index (χ0n) is 22.7. The fourth-order valence-corrected chi connectivity index (χ4v) is 8.35. The maximum Gasteiger partial charge on any atom is 0.0435 e. The summed E-state index contributed by atoms with van der Waals surface area (Å²) in [5.41, 5.74) is 11.8. The van der Waals surface area contributed by atoms with Gasteiger partial charge in [-0.25, -0.2) is 0 Å². The Morgan fingerprint density at radius 2 is 1.12 bits per heavy atom. The van der Waals surface area contributed by atoms with Gasteiger partial charge in [-0.15, -0.1) is 0 Å². The van der Waals surface area contributed by atoms with Crippen LogP contribution in [0.4, 0.5) is 0 Å². The van der Waals surface area contributed by atoms with Gasteiger partial charge in [0.05, 0.1) is 0 Å². The van der Waals surface area contributed by atoms with Crippen molar-refractivity contribution < 1.29 is 0 Å². The topological polar surface area (TPSA) is 0 Å². The molecule has 7 aromatic carbocycles. The molecule has 1 aliphatic carbocycles. The van der Waals surface area contributed by atoms with E-state index >= 15 is 0 Å². The van der Waals surface area contributed by atoms with Crippen molar-refractivity contribution in [3.63, 3.8) is 0 Å². The summed E-state index contributed by atoms with van der Waals surface area (Å²) in [4.78, 5) is 2.67. The first kappa shape index (κ1) is 23.1. The first-order valence-electron chi connectivity index (χ1n) is 14.3. The molecule has 0 amide bonds. The van der Waals surface area contributed by atoms with Crippen molar-refractivity contribution in [1.29, 1.82) is 0 Å². The van der Waals surface area contributed by atoms with Crippen LogP contribution in [0.25, 0.3) is 54.9 Å². The summed E-state index contributed by atoms with van der Waals surface area (Å²) in [7, 11) is 0. The van der Waals surface area contributed by atoms with Crippen LogP contribution >= 0.6 is 11.8 Å². The number of fused-ring (bicyclic) bond motifs is 6. The second kappa shape index (κ2) is 8.46. The highest BCUT2D eigenvalue weighted by Crippen LogP contribution is 2.54. The zero-order valence-corrected chi connectivity index (χ0v) is 23.5. The molecular formula is C40H26S. The van der Waals surface area contributed by atoms with Crippen molar-refractivity contribution in [2.24, 2.45) is 0 Å². The van der Waals surface area contributed by atoms with Gasteiger partial charge in [0, 0.05) is 20.6 Å². The summed E-state index contributed by atoms with van der Waals surface area (Å²) in [6.45, 7) is 2.41. The maximum atomic E-state index is 2.46. The minimum Gasteiger partial charge on any atom is -0.0888 e. The lowest BCUT2D eigenvalue weighted by Crippen LogP contribution is -2.22. The van der Waals surface area contributed by atoms with Gasteiger partial charge in [-0.3, -0.25) is 0 Å². The molecule has 0 radical (unpaired) electrons. The molecule has 192 valence electrons. The highest BCUT2D eigenvalue weighted by Gasteiger charge is 2.41. The van der Waals surface area contributed by atoms with Gasteiger partial charge in [0.2, 0.25) is 0 Å². The van der Waals surface area contributed by atoms with Crippen molar-refractivity contribution in [2.75, 3.05) is 0 Å². The van der Waals surface area contributed by atoms with Crippen LogP contribution in [0.2, 0.25) is 0 Å². The molecule has 2 aliphatic rings. The molecule has 7 aromatic rings. The predicted molar refractivity (Wildman–Crippen MR) is 174 cm³/mol. The van der Waals surface area contributed by atoms with Crippen LogP contribution in [0.1, 0.15) is 23.6 Å². The third-order valence-electron chi connectivity index (χ3n) is 9.31. The smallest absolute Gasteiger partial charge is 0.0435 e. The molecule has 1 aliphatic heterocycles. The SMILES string of the molecule is CC1(c2ccccc2)c2cc(-c3ccc4c(c3)-c3cccc5cccc(c35)S4)ccc2-c2cc3ccccc3cc21. The van der Waals surface area contributed by atoms with Gasteiger partial charge in [0.15, 0.2) is 0 Å². The number of hydrogen-bond donors (Lipinski definition) is 0. The average Bonchev–Trinajstić information content (AvgIpc) is 3.28. The van der Waals surface area contributed by atoms with Gasteiger partial charge < -0.3 is 0 Å². The van der Waals surface area contributed by atoms with Crippen LogP contribution in [0.3, 0.4) is 0 Å². The number of benzene rings is 7. The Kier molecular flexibility index (Phi) is 4.77. The molecule has 0 N–H and O–H groups in total. The predicted octanol–water partition coefficient (Wildman–Crippen LogP) is 11.1. The second-order valence-electron chi connectivity index (χ2n) is 11.5. The van der Waals surface area contributed by atoms with Gasteiger partial charge in [0.1, 0.15) is 0 Å². The van der Waals surface area contributed by atoms with E-state index in [4.69, 9.17) is 0 Å². The summed E-state index contributed by atoms with van der Waals surface area (Å²) in [6.07, 6.45) is 0. The summed E-state index contributed by atoms with van der Waals surface area (Å²) in [6, 6.07) is 52.1. The van der Waals surface area contributed by atoms with E-state index in [1.165, 1.54) is 81.4 Å². The Bertz CT molecular complexity index is 2180. The summed E-state index contributed by atoms with van der Waals surface area (Å²) < 4.78 is 0. The molecule has 1 heteroatoms. The van der Waals surface area contributed by atoms with E-state index < -0.39 is 0 Å². The Morgan fingerprint density at radius 3 is 1.98 bits per heavy atom. The Labute approximate surface area is 244 Å². The van der Waals surface area contributed by atoms with Crippen LogP contribution in [0.15, 0.2) is 149 Å². The van der Waals surface area contributed by atoms with E-state index in [1.54, 1.807) is 0 Å². The average molecular weight is 539 g/mol. The lowest BCUT2D eigenvalue weighted by atomic mass is 9.73. The number of rotatable bonds is 2. The molecule has 1 unspecified atom stereocenters. The van der Waals surface area contributed by atoms with Gasteiger partial charge in [-0.1, -0.05) is 115 Å². The van der Waals surface area contributed by atoms with Crippen molar-refractivity contribution >= 4 is 33.3 Å². The molecule has 1 heterocycles. The first-order valence-corrected chi connectivity index (χ1v) is 15.1. The minimum absolute atomic E-state index is 0.236. The fraction of sp³-hybridized carbons (Fsp3) is 0.0500. The molecule has 9 rings (SSSR count). The van der Waals surface area contributed by atoms with E-state index in [0.717, 1.165) is 0 Å². The quantitative estimate of drug-likeness (QED) is 0.211. The highest BCUT2D eigenvalue weighted by atomic mass is 32.2. The Hall–Kier alpha value is -4.59. The van der Waals surface area contributed by atoms with Crippen LogP contribution in [-0.4, -0.2) is 0 Å². The van der Waals surface area contributed by atoms with Crippen molar-refractivity contribution in [2.45, 2.75) is 22.1 Å². The first-order chi connectivity index (χ1) is 20.2. The van der Waals surface area contributed by atoms with Crippen molar-refractivity contribution in [3.8, 4) is 33.4 Å². The van der Waals surface area contributed by atoms with E-state index in [-0.39, 0.29) is 5.41 Å². The van der Waals surface area contributed by atoms with Gasteiger partial charge >= 0.3 is 0 Å². The molecule has 0 spiro atoms. The molecule has 0 saturated heterocycles. The Balaban J connectivity index is 1.26. The lowest BCUT2D eigenvalue weighted by molar-refractivity contribution is 0.715. The maximum absolute atomic E-state index is 2.46. The van der Waals surface area contributed by atoms with Crippen LogP contribution in [-0.2, 0) is 5.41 Å². The second-order valence-corrected chi connectivity index (χ2v) is 12.6. The van der Waals surface area contributed by atoms with E-state index in [2.05, 4.69) is 146 Å². The molecule has 0 fully saturated rings. The largest absolute Gasteiger partial charge is 0.0888 e. The standard InChI is InChI=1S/C40H26S/c1-40(30-13-3-2-4-14-30)35-24-29(17-19-31(35)33-21-26-9-5-6-10-27(26)23-36(33)40)28-18-20-37-34(22-28)32-15-7-11-25-12-8-16-38(41-37)39(25)32/h2-24H,1H3. The molecule has 0 bridgehead atoms. The molecule has 0 nitrogen and oxygen atoms in total. The van der Waals surface area contributed by atoms with Gasteiger partial charge in [-0.05, 0) is 110 Å². The van der Waals surface area contributed by atoms with Crippen LogP contribution < -0.4 is 0 Å². The Morgan fingerprint density at radius 1 is 0.439 bits per heavy atom. The lowest BCUT2D eigenvalue weighted by Gasteiger charge is -2.29. The summed E-state index contributed by atoms with van der Waals surface area (Å²) in [5, 5.41) is 5.27. The van der Waals surface area contributed by atoms with E-state index in [9.17, 15) is 0 Å². The van der Waals surface area contributed by atoms with Gasteiger partial charge in [-0.2, -0.15) is 0 Å². The normalized spacial score (nSPS) is 16.4. The summed E-state index contributed by atoms with van der Waals surface area (Å²) in [5.74, 6) is 0. The van der Waals surface area contributed by atoms with E-state index in [0.29, 0.717) is 0 Å². The molecular weight excluding hydrogens is 513 g/mol. The zero-order chi connectivity index (χ0) is 27.1. The van der Waals surface area contributed by atoms with Crippen LogP contribution in [0.5, 0.6) is 0 Å². The fourth-order valence-electron chi connectivity index (χ4n) is 7.22. The van der Waals surface area contributed by atoms with Crippen molar-refractivity contribution in [3.05, 3.63) is 156 Å². The van der Waals surface area contributed by atoms with Crippen molar-refractivity contribution in [1.82, 2.24) is 0 Å². The highest BCUT2D eigenvalue weighted by molar-refractivity contribution is 7.99. The molecule has 1 atom stereocenters. The monoisotopic (exact) mass is 538 g/mol. The van der Waals surface area contributed by atoms with Crippen LogP contribution in [0, 0.1) is 0 Å². The number of hydrogen-bond acceptors (Lipinski definition) is 1. The molecule has 41 heavy (non-hydrogen) atoms.